The molecule has 2 rings (SSSR count). The monoisotopic (exact) mass is 288 g/mol. The summed E-state index contributed by atoms with van der Waals surface area (Å²) in [6.07, 6.45) is 2.30. The van der Waals surface area contributed by atoms with Crippen LogP contribution in [0.25, 0.3) is 0 Å². The van der Waals surface area contributed by atoms with Gasteiger partial charge in [0.25, 0.3) is 0 Å². The summed E-state index contributed by atoms with van der Waals surface area (Å²) in [5, 5.41) is 3.64. The second-order valence-electron chi connectivity index (χ2n) is 6.60. The van der Waals surface area contributed by atoms with Crippen molar-refractivity contribution in [2.75, 3.05) is 19.6 Å². The number of carbonyl (C=O) groups is 1. The van der Waals surface area contributed by atoms with Crippen LogP contribution >= 0.6 is 0 Å². The smallest absolute Gasteiger partial charge is 0.219 e. The quantitative estimate of drug-likeness (QED) is 0.903. The zero-order valence-corrected chi connectivity index (χ0v) is 13.5. The highest BCUT2D eigenvalue weighted by Crippen LogP contribution is 2.27. The first kappa shape index (κ1) is 16.0. The molecule has 0 radical (unpaired) electrons. The lowest BCUT2D eigenvalue weighted by molar-refractivity contribution is -0.130. The molecule has 1 amide bonds. The molecule has 0 saturated carbocycles. The van der Waals surface area contributed by atoms with Gasteiger partial charge in [-0.1, -0.05) is 44.2 Å². The van der Waals surface area contributed by atoms with Crippen LogP contribution in [0.2, 0.25) is 0 Å². The van der Waals surface area contributed by atoms with Crippen molar-refractivity contribution in [1.82, 2.24) is 10.2 Å². The second kappa shape index (κ2) is 7.60. The maximum Gasteiger partial charge on any atom is 0.219 e. The first-order chi connectivity index (χ1) is 10.1. The number of hydrogen-bond donors (Lipinski definition) is 1. The Morgan fingerprint density at radius 2 is 2.00 bits per heavy atom. The van der Waals surface area contributed by atoms with Gasteiger partial charge in [-0.15, -0.1) is 0 Å². The van der Waals surface area contributed by atoms with Gasteiger partial charge in [0.05, 0.1) is 0 Å². The summed E-state index contributed by atoms with van der Waals surface area (Å²) in [6, 6.07) is 11.0. The summed E-state index contributed by atoms with van der Waals surface area (Å²) in [5.41, 5.74) is 1.35. The van der Waals surface area contributed by atoms with E-state index in [1.54, 1.807) is 6.92 Å². The Morgan fingerprint density at radius 1 is 1.29 bits per heavy atom. The molecule has 21 heavy (non-hydrogen) atoms. The van der Waals surface area contributed by atoms with E-state index in [4.69, 9.17) is 0 Å². The van der Waals surface area contributed by atoms with Crippen molar-refractivity contribution in [2.24, 2.45) is 5.92 Å². The van der Waals surface area contributed by atoms with E-state index in [1.807, 2.05) is 11.0 Å². The summed E-state index contributed by atoms with van der Waals surface area (Å²) in [5.74, 6) is 1.35. The van der Waals surface area contributed by atoms with Crippen molar-refractivity contribution in [2.45, 2.75) is 45.6 Å². The Labute approximate surface area is 128 Å². The minimum absolute atomic E-state index is 0.186. The Kier molecular flexibility index (Phi) is 5.80. The molecular weight excluding hydrogens is 260 g/mol. The van der Waals surface area contributed by atoms with E-state index < -0.39 is 0 Å². The Balaban J connectivity index is 2.00. The van der Waals surface area contributed by atoms with Crippen LogP contribution in [0.5, 0.6) is 0 Å². The third-order valence-electron chi connectivity index (χ3n) is 4.32. The average molecular weight is 288 g/mol. The fraction of sp³-hybridized carbons (Fsp3) is 0.611. The number of amides is 1. The van der Waals surface area contributed by atoms with Gasteiger partial charge in [-0.2, -0.15) is 0 Å². The average Bonchev–Trinajstić information content (AvgIpc) is 2.47. The van der Waals surface area contributed by atoms with Crippen LogP contribution in [-0.4, -0.2) is 36.5 Å². The molecule has 2 atom stereocenters. The first-order valence-corrected chi connectivity index (χ1v) is 8.10. The van der Waals surface area contributed by atoms with Crippen molar-refractivity contribution in [3.63, 3.8) is 0 Å². The number of rotatable bonds is 5. The molecule has 0 aliphatic carbocycles. The van der Waals surface area contributed by atoms with Gasteiger partial charge in [0.2, 0.25) is 5.91 Å². The SMILES string of the molecule is CC(=O)N1CC(NCCC(C)C)CC(c2ccccc2)C1. The van der Waals surface area contributed by atoms with Gasteiger partial charge < -0.3 is 10.2 Å². The number of hydrogen-bond acceptors (Lipinski definition) is 2. The molecule has 1 aromatic rings. The molecule has 0 aromatic heterocycles. The lowest BCUT2D eigenvalue weighted by Crippen LogP contribution is -2.50. The fourth-order valence-electron chi connectivity index (χ4n) is 3.05. The molecule has 1 saturated heterocycles. The number of piperidine rings is 1. The van der Waals surface area contributed by atoms with E-state index in [0.29, 0.717) is 12.0 Å². The predicted octanol–water partition coefficient (Wildman–Crippen LogP) is 3.03. The number of nitrogens with one attached hydrogen (secondary N) is 1. The summed E-state index contributed by atoms with van der Waals surface area (Å²) in [6.45, 7) is 8.90. The topological polar surface area (TPSA) is 32.3 Å². The summed E-state index contributed by atoms with van der Waals surface area (Å²) < 4.78 is 0. The molecule has 1 aromatic carbocycles. The van der Waals surface area contributed by atoms with Gasteiger partial charge in [-0.25, -0.2) is 0 Å². The van der Waals surface area contributed by atoms with E-state index in [1.165, 1.54) is 12.0 Å². The molecule has 3 heteroatoms. The van der Waals surface area contributed by atoms with Crippen molar-refractivity contribution >= 4 is 5.91 Å². The van der Waals surface area contributed by atoms with Crippen molar-refractivity contribution in [3.05, 3.63) is 35.9 Å². The van der Waals surface area contributed by atoms with Crippen molar-refractivity contribution in [1.29, 1.82) is 0 Å². The van der Waals surface area contributed by atoms with Gasteiger partial charge in [-0.3, -0.25) is 4.79 Å². The maximum absolute atomic E-state index is 11.8. The van der Waals surface area contributed by atoms with Gasteiger partial charge in [0, 0.05) is 32.0 Å². The predicted molar refractivity (Wildman–Crippen MR) is 87.3 cm³/mol. The standard InChI is InChI=1S/C18H28N2O/c1-14(2)9-10-19-18-11-17(12-20(13-18)15(3)21)16-7-5-4-6-8-16/h4-8,14,17-19H,9-13H2,1-3H3. The van der Waals surface area contributed by atoms with E-state index in [-0.39, 0.29) is 5.91 Å². The highest BCUT2D eigenvalue weighted by Gasteiger charge is 2.29. The Morgan fingerprint density at radius 3 is 2.62 bits per heavy atom. The number of benzene rings is 1. The van der Waals surface area contributed by atoms with Crippen LogP contribution in [-0.2, 0) is 4.79 Å². The van der Waals surface area contributed by atoms with Gasteiger partial charge in [0.15, 0.2) is 0 Å². The molecule has 1 aliphatic heterocycles. The van der Waals surface area contributed by atoms with E-state index in [9.17, 15) is 4.79 Å². The van der Waals surface area contributed by atoms with Crippen LogP contribution < -0.4 is 5.32 Å². The Hall–Kier alpha value is -1.35. The van der Waals surface area contributed by atoms with Crippen LogP contribution in [0, 0.1) is 5.92 Å². The normalized spacial score (nSPS) is 22.6. The zero-order valence-electron chi connectivity index (χ0n) is 13.5. The van der Waals surface area contributed by atoms with Crippen molar-refractivity contribution < 1.29 is 4.79 Å². The molecule has 3 nitrogen and oxygen atoms in total. The third kappa shape index (κ3) is 4.85. The van der Waals surface area contributed by atoms with E-state index in [2.05, 4.69) is 43.4 Å². The molecule has 0 spiro atoms. The molecule has 1 aliphatic rings. The van der Waals surface area contributed by atoms with Crippen molar-refractivity contribution in [3.8, 4) is 0 Å². The minimum atomic E-state index is 0.186. The molecular formula is C18H28N2O. The maximum atomic E-state index is 11.8. The Bertz CT molecular complexity index is 444. The second-order valence-corrected chi connectivity index (χ2v) is 6.60. The lowest BCUT2D eigenvalue weighted by atomic mass is 9.88. The first-order valence-electron chi connectivity index (χ1n) is 8.10. The summed E-state index contributed by atoms with van der Waals surface area (Å²) in [4.78, 5) is 13.8. The molecule has 0 bridgehead atoms. The molecule has 1 N–H and O–H groups in total. The largest absolute Gasteiger partial charge is 0.341 e. The van der Waals surface area contributed by atoms with E-state index in [0.717, 1.165) is 32.0 Å². The van der Waals surface area contributed by atoms with E-state index >= 15 is 0 Å². The van der Waals surface area contributed by atoms with Crippen LogP contribution in [0.4, 0.5) is 0 Å². The summed E-state index contributed by atoms with van der Waals surface area (Å²) >= 11 is 0. The highest BCUT2D eigenvalue weighted by atomic mass is 16.2. The van der Waals surface area contributed by atoms with Gasteiger partial charge in [0.1, 0.15) is 0 Å². The third-order valence-corrected chi connectivity index (χ3v) is 4.32. The minimum Gasteiger partial charge on any atom is -0.341 e. The highest BCUT2D eigenvalue weighted by molar-refractivity contribution is 5.73. The molecule has 116 valence electrons. The number of carbonyl (C=O) groups excluding carboxylic acids is 1. The molecule has 1 fully saturated rings. The number of likely N-dealkylation sites (tertiary alicyclic amines) is 1. The fourth-order valence-corrected chi connectivity index (χ4v) is 3.05. The summed E-state index contributed by atoms with van der Waals surface area (Å²) in [7, 11) is 0. The van der Waals surface area contributed by atoms with Crippen LogP contribution in [0.3, 0.4) is 0 Å². The number of nitrogens with zero attached hydrogens (tertiary/aromatic N) is 1. The van der Waals surface area contributed by atoms with Crippen LogP contribution in [0.1, 0.15) is 45.1 Å². The van der Waals surface area contributed by atoms with Crippen LogP contribution in [0.15, 0.2) is 30.3 Å². The lowest BCUT2D eigenvalue weighted by Gasteiger charge is -2.38. The molecule has 1 heterocycles. The van der Waals surface area contributed by atoms with Gasteiger partial charge in [-0.05, 0) is 30.9 Å². The molecule has 2 unspecified atom stereocenters. The zero-order chi connectivity index (χ0) is 15.2. The van der Waals surface area contributed by atoms with Gasteiger partial charge >= 0.3 is 0 Å².